The van der Waals surface area contributed by atoms with Gasteiger partial charge in [-0.2, -0.15) is 0 Å². The normalized spacial score (nSPS) is 22.2. The van der Waals surface area contributed by atoms with Crippen LogP contribution in [-0.4, -0.2) is 67.3 Å². The van der Waals surface area contributed by atoms with Crippen molar-refractivity contribution in [2.45, 2.75) is 45.4 Å². The van der Waals surface area contributed by atoms with Crippen LogP contribution in [0.15, 0.2) is 18.6 Å². The molecular formula is C18H27N7O. The molecule has 0 radical (unpaired) electrons. The van der Waals surface area contributed by atoms with Gasteiger partial charge in [-0.3, -0.25) is 14.6 Å². The van der Waals surface area contributed by atoms with Crippen molar-refractivity contribution in [1.82, 2.24) is 29.9 Å². The number of aryl methyl sites for hydroxylation is 1. The molecule has 2 aromatic heterocycles. The Kier molecular flexibility index (Phi) is 5.12. The number of rotatable bonds is 5. The van der Waals surface area contributed by atoms with E-state index in [4.69, 9.17) is 0 Å². The molecule has 2 aliphatic rings. The summed E-state index contributed by atoms with van der Waals surface area (Å²) in [5.74, 6) is 1.63. The summed E-state index contributed by atoms with van der Waals surface area (Å²) in [6.45, 7) is 7.42. The van der Waals surface area contributed by atoms with Gasteiger partial charge >= 0.3 is 0 Å². The monoisotopic (exact) mass is 357 g/mol. The molecule has 140 valence electrons. The van der Waals surface area contributed by atoms with Gasteiger partial charge in [-0.15, -0.1) is 5.10 Å². The van der Waals surface area contributed by atoms with Crippen LogP contribution in [0.1, 0.15) is 30.7 Å². The Hall–Kier alpha value is -2.06. The molecule has 0 saturated carbocycles. The van der Waals surface area contributed by atoms with Gasteiger partial charge < -0.3 is 10.0 Å². The molecule has 1 atom stereocenters. The predicted molar refractivity (Wildman–Crippen MR) is 97.6 cm³/mol. The van der Waals surface area contributed by atoms with Crippen molar-refractivity contribution in [3.8, 4) is 0 Å². The SMILES string of the molecule is Cc1nccnc1N1CCC(Cn2cc(CN3CC[C@@H](O)C3)nn2)CC1. The Labute approximate surface area is 153 Å². The summed E-state index contributed by atoms with van der Waals surface area (Å²) in [4.78, 5) is 13.4. The first kappa shape index (κ1) is 17.4. The maximum atomic E-state index is 9.62. The van der Waals surface area contributed by atoms with Crippen molar-refractivity contribution in [1.29, 1.82) is 0 Å². The van der Waals surface area contributed by atoms with Crippen LogP contribution in [0.2, 0.25) is 0 Å². The van der Waals surface area contributed by atoms with Crippen LogP contribution in [-0.2, 0) is 13.1 Å². The van der Waals surface area contributed by atoms with Gasteiger partial charge in [0, 0.05) is 57.9 Å². The molecule has 2 aromatic rings. The van der Waals surface area contributed by atoms with Gasteiger partial charge in [0.1, 0.15) is 5.82 Å². The number of hydrogen-bond acceptors (Lipinski definition) is 7. The molecule has 0 unspecified atom stereocenters. The van der Waals surface area contributed by atoms with Crippen LogP contribution >= 0.6 is 0 Å². The third-order valence-electron chi connectivity index (χ3n) is 5.43. The van der Waals surface area contributed by atoms with E-state index < -0.39 is 0 Å². The molecule has 0 spiro atoms. The number of β-amino-alcohol motifs (C(OH)–C–C–N with tert-alkyl or cyclic N) is 1. The highest BCUT2D eigenvalue weighted by Gasteiger charge is 2.23. The summed E-state index contributed by atoms with van der Waals surface area (Å²) in [5, 5.41) is 18.2. The van der Waals surface area contributed by atoms with Crippen LogP contribution in [0.3, 0.4) is 0 Å². The first-order valence-electron chi connectivity index (χ1n) is 9.49. The van der Waals surface area contributed by atoms with E-state index in [-0.39, 0.29) is 6.10 Å². The molecule has 2 saturated heterocycles. The molecule has 0 amide bonds. The van der Waals surface area contributed by atoms with Crippen molar-refractivity contribution in [3.63, 3.8) is 0 Å². The molecule has 2 aliphatic heterocycles. The maximum Gasteiger partial charge on any atom is 0.150 e. The molecule has 8 heteroatoms. The fourth-order valence-electron chi connectivity index (χ4n) is 3.99. The highest BCUT2D eigenvalue weighted by molar-refractivity contribution is 5.42. The van der Waals surface area contributed by atoms with Gasteiger partial charge in [0.25, 0.3) is 0 Å². The number of aromatic nitrogens is 5. The third kappa shape index (κ3) is 4.02. The molecule has 4 heterocycles. The largest absolute Gasteiger partial charge is 0.392 e. The molecular weight excluding hydrogens is 330 g/mol. The van der Waals surface area contributed by atoms with Crippen LogP contribution in [0, 0.1) is 12.8 Å². The van der Waals surface area contributed by atoms with E-state index in [1.54, 1.807) is 12.4 Å². The number of aliphatic hydroxyl groups is 1. The van der Waals surface area contributed by atoms with Crippen molar-refractivity contribution in [3.05, 3.63) is 30.0 Å². The van der Waals surface area contributed by atoms with E-state index >= 15 is 0 Å². The zero-order chi connectivity index (χ0) is 17.9. The Morgan fingerprint density at radius 1 is 1.12 bits per heavy atom. The zero-order valence-electron chi connectivity index (χ0n) is 15.3. The fraction of sp³-hybridized carbons (Fsp3) is 0.667. The lowest BCUT2D eigenvalue weighted by Gasteiger charge is -2.33. The number of aliphatic hydroxyl groups excluding tert-OH is 1. The van der Waals surface area contributed by atoms with E-state index in [0.717, 1.165) is 75.7 Å². The van der Waals surface area contributed by atoms with Crippen molar-refractivity contribution in [2.24, 2.45) is 5.92 Å². The lowest BCUT2D eigenvalue weighted by Crippen LogP contribution is -2.36. The van der Waals surface area contributed by atoms with Gasteiger partial charge in [-0.25, -0.2) is 4.98 Å². The minimum Gasteiger partial charge on any atom is -0.392 e. The summed E-state index contributed by atoms with van der Waals surface area (Å²) in [5.41, 5.74) is 1.99. The lowest BCUT2D eigenvalue weighted by atomic mass is 9.97. The number of nitrogens with zero attached hydrogens (tertiary/aromatic N) is 7. The van der Waals surface area contributed by atoms with Gasteiger partial charge in [0.15, 0.2) is 0 Å². The van der Waals surface area contributed by atoms with E-state index in [0.29, 0.717) is 5.92 Å². The Morgan fingerprint density at radius 3 is 2.65 bits per heavy atom. The standard InChI is InChI=1S/C18H27N7O/c1-14-18(20-6-5-19-14)24-8-2-15(3-9-24)10-25-12-16(21-22-25)11-23-7-4-17(26)13-23/h5-6,12,15,17,26H,2-4,7-11,13H2,1H3/t17-/m1/s1. The van der Waals surface area contributed by atoms with E-state index in [9.17, 15) is 5.11 Å². The second-order valence-corrected chi connectivity index (χ2v) is 7.51. The summed E-state index contributed by atoms with van der Waals surface area (Å²) < 4.78 is 1.98. The summed E-state index contributed by atoms with van der Waals surface area (Å²) in [6.07, 6.45) is 8.50. The van der Waals surface area contributed by atoms with Crippen LogP contribution in [0.25, 0.3) is 0 Å². The Bertz CT molecular complexity index is 726. The summed E-state index contributed by atoms with van der Waals surface area (Å²) in [6, 6.07) is 0. The van der Waals surface area contributed by atoms with Crippen molar-refractivity contribution in [2.75, 3.05) is 31.1 Å². The van der Waals surface area contributed by atoms with E-state index in [1.807, 2.05) is 11.6 Å². The van der Waals surface area contributed by atoms with E-state index in [2.05, 4.69) is 36.3 Å². The minimum atomic E-state index is -0.187. The first-order valence-corrected chi connectivity index (χ1v) is 9.49. The highest BCUT2D eigenvalue weighted by Crippen LogP contribution is 2.24. The molecule has 8 nitrogen and oxygen atoms in total. The lowest BCUT2D eigenvalue weighted by molar-refractivity contribution is 0.174. The maximum absolute atomic E-state index is 9.62. The fourth-order valence-corrected chi connectivity index (χ4v) is 3.99. The number of anilines is 1. The van der Waals surface area contributed by atoms with Gasteiger partial charge in [0.05, 0.1) is 17.5 Å². The summed E-state index contributed by atoms with van der Waals surface area (Å²) in [7, 11) is 0. The third-order valence-corrected chi connectivity index (χ3v) is 5.43. The van der Waals surface area contributed by atoms with Gasteiger partial charge in [-0.05, 0) is 32.1 Å². The molecule has 2 fully saturated rings. The quantitative estimate of drug-likeness (QED) is 0.850. The molecule has 4 rings (SSSR count). The summed E-state index contributed by atoms with van der Waals surface area (Å²) >= 11 is 0. The van der Waals surface area contributed by atoms with Crippen molar-refractivity contribution >= 4 is 5.82 Å². The van der Waals surface area contributed by atoms with Crippen LogP contribution in [0.4, 0.5) is 5.82 Å². The van der Waals surface area contributed by atoms with Crippen LogP contribution in [0.5, 0.6) is 0 Å². The topological polar surface area (TPSA) is 83.2 Å². The van der Waals surface area contributed by atoms with E-state index in [1.165, 1.54) is 0 Å². The van der Waals surface area contributed by atoms with Crippen molar-refractivity contribution < 1.29 is 5.11 Å². The first-order chi connectivity index (χ1) is 12.7. The number of likely N-dealkylation sites (tertiary alicyclic amines) is 1. The molecule has 0 bridgehead atoms. The molecule has 0 aromatic carbocycles. The van der Waals surface area contributed by atoms with Crippen LogP contribution < -0.4 is 4.90 Å². The number of piperidine rings is 1. The second-order valence-electron chi connectivity index (χ2n) is 7.51. The zero-order valence-corrected chi connectivity index (χ0v) is 15.3. The molecule has 0 aliphatic carbocycles. The second kappa shape index (κ2) is 7.67. The minimum absolute atomic E-state index is 0.187. The average molecular weight is 357 g/mol. The van der Waals surface area contributed by atoms with Gasteiger partial charge in [0.2, 0.25) is 0 Å². The molecule has 1 N–H and O–H groups in total. The van der Waals surface area contributed by atoms with Gasteiger partial charge in [-0.1, -0.05) is 5.21 Å². The smallest absolute Gasteiger partial charge is 0.150 e. The number of hydrogen-bond donors (Lipinski definition) is 1. The molecule has 26 heavy (non-hydrogen) atoms. The average Bonchev–Trinajstić information content (AvgIpc) is 3.25. The highest BCUT2D eigenvalue weighted by atomic mass is 16.3. The Morgan fingerprint density at radius 2 is 1.92 bits per heavy atom. The predicted octanol–water partition coefficient (Wildman–Crippen LogP) is 0.860. The Balaban J connectivity index is 1.27.